The molecule has 0 heteroatoms. The van der Waals surface area contributed by atoms with E-state index in [0.717, 1.165) is 19.3 Å². The van der Waals surface area contributed by atoms with E-state index in [1.807, 2.05) is 6.08 Å². The van der Waals surface area contributed by atoms with Crippen LogP contribution in [0.15, 0.2) is 24.3 Å². The minimum Gasteiger partial charge on any atom is -0.0879 e. The lowest BCUT2D eigenvalue weighted by molar-refractivity contribution is 1.05. The van der Waals surface area contributed by atoms with Gasteiger partial charge in [0.15, 0.2) is 0 Å². The molecule has 0 aliphatic rings. The summed E-state index contributed by atoms with van der Waals surface area (Å²) in [6.07, 6.45) is 10.2. The third kappa shape index (κ3) is 7.22. The monoisotopic (exact) mass is 120 g/mol. The normalized spacial score (nSPS) is 9.78. The summed E-state index contributed by atoms with van der Waals surface area (Å²) in [7, 11) is 0. The molecule has 48 valence electrons. The molecule has 0 nitrogen and oxygen atoms in total. The van der Waals surface area contributed by atoms with Gasteiger partial charge in [0.05, 0.1) is 0 Å². The van der Waals surface area contributed by atoms with Crippen LogP contribution in [0.1, 0.15) is 19.3 Å². The van der Waals surface area contributed by atoms with Gasteiger partial charge >= 0.3 is 0 Å². The Hall–Kier alpha value is -0.780. The summed E-state index contributed by atoms with van der Waals surface area (Å²) in [6, 6.07) is 0. The van der Waals surface area contributed by atoms with Crippen molar-refractivity contribution >= 4 is 0 Å². The molecule has 0 aliphatic heterocycles. The average molecular weight is 120 g/mol. The second-order valence-corrected chi connectivity index (χ2v) is 1.76. The van der Waals surface area contributed by atoms with Crippen molar-refractivity contribution in [2.24, 2.45) is 0 Å². The Bertz CT molecular complexity index is 98.6. The number of allylic oxidation sites excluding steroid dienone is 4. The lowest BCUT2D eigenvalue weighted by atomic mass is 10.2. The summed E-state index contributed by atoms with van der Waals surface area (Å²) < 4.78 is 0. The van der Waals surface area contributed by atoms with Crippen LogP contribution >= 0.6 is 0 Å². The SMILES string of the molecule is [CH]=CC/C=C/CCC=[CH]. The smallest absolute Gasteiger partial charge is 0.0166 e. The lowest BCUT2D eigenvalue weighted by Gasteiger charge is -1.82. The van der Waals surface area contributed by atoms with E-state index in [9.17, 15) is 0 Å². The molecule has 0 aromatic heterocycles. The molecule has 0 bridgehead atoms. The average Bonchev–Trinajstić information content (AvgIpc) is 1.89. The molecule has 0 rings (SSSR count). The Balaban J connectivity index is 3.03. The maximum atomic E-state index is 5.15. The summed E-state index contributed by atoms with van der Waals surface area (Å²) in [5, 5.41) is 0. The summed E-state index contributed by atoms with van der Waals surface area (Å²) in [5.41, 5.74) is 0. The molecule has 0 saturated heterocycles. The van der Waals surface area contributed by atoms with Gasteiger partial charge < -0.3 is 0 Å². The fraction of sp³-hybridized carbons (Fsp3) is 0.333. The zero-order valence-corrected chi connectivity index (χ0v) is 5.59. The summed E-state index contributed by atoms with van der Waals surface area (Å²) in [4.78, 5) is 0. The zero-order valence-electron chi connectivity index (χ0n) is 5.59. The maximum Gasteiger partial charge on any atom is -0.0166 e. The van der Waals surface area contributed by atoms with E-state index in [0.29, 0.717) is 0 Å². The second kappa shape index (κ2) is 7.22. The van der Waals surface area contributed by atoms with Gasteiger partial charge in [0.2, 0.25) is 0 Å². The summed E-state index contributed by atoms with van der Waals surface area (Å²) in [5.74, 6) is 0. The Morgan fingerprint density at radius 1 is 0.889 bits per heavy atom. The minimum atomic E-state index is 0.852. The van der Waals surface area contributed by atoms with Gasteiger partial charge in [0.25, 0.3) is 0 Å². The van der Waals surface area contributed by atoms with Crippen molar-refractivity contribution in [2.45, 2.75) is 19.3 Å². The van der Waals surface area contributed by atoms with Crippen LogP contribution < -0.4 is 0 Å². The fourth-order valence-electron chi connectivity index (χ4n) is 0.485. The first kappa shape index (κ1) is 8.22. The van der Waals surface area contributed by atoms with E-state index in [4.69, 9.17) is 13.2 Å². The van der Waals surface area contributed by atoms with E-state index < -0.39 is 0 Å². The van der Waals surface area contributed by atoms with Crippen molar-refractivity contribution in [1.29, 1.82) is 0 Å². The Labute approximate surface area is 57.6 Å². The van der Waals surface area contributed by atoms with Crippen molar-refractivity contribution in [3.8, 4) is 0 Å². The van der Waals surface area contributed by atoms with E-state index in [1.54, 1.807) is 12.2 Å². The highest BCUT2D eigenvalue weighted by Crippen LogP contribution is 1.92. The Morgan fingerprint density at radius 2 is 1.67 bits per heavy atom. The number of unbranched alkanes of at least 4 members (excludes halogenated alkanes) is 1. The molecule has 0 heterocycles. The number of hydrogen-bond donors (Lipinski definition) is 0. The first-order valence-corrected chi connectivity index (χ1v) is 3.13. The van der Waals surface area contributed by atoms with Crippen LogP contribution in [-0.2, 0) is 0 Å². The molecule has 2 radical (unpaired) electrons. The molecule has 0 amide bonds. The molecule has 0 saturated carbocycles. The Morgan fingerprint density at radius 3 is 2.22 bits per heavy atom. The standard InChI is InChI=1S/C9H12/c1-3-5-7-9-8-6-4-2/h1-4,7,9H,5-6,8H2/b3-1?,4-2?,9-7+. The highest BCUT2D eigenvalue weighted by Gasteiger charge is 1.72. The predicted molar refractivity (Wildman–Crippen MR) is 40.7 cm³/mol. The highest BCUT2D eigenvalue weighted by atomic mass is 13.8. The lowest BCUT2D eigenvalue weighted by Crippen LogP contribution is -1.62. The van der Waals surface area contributed by atoms with Crippen LogP contribution in [0.25, 0.3) is 0 Å². The predicted octanol–water partition coefficient (Wildman–Crippen LogP) is 2.69. The molecular weight excluding hydrogens is 108 g/mol. The molecule has 9 heavy (non-hydrogen) atoms. The van der Waals surface area contributed by atoms with Crippen molar-refractivity contribution in [3.05, 3.63) is 37.5 Å². The topological polar surface area (TPSA) is 0 Å². The third-order valence-electron chi connectivity index (χ3n) is 0.939. The molecule has 0 spiro atoms. The van der Waals surface area contributed by atoms with Gasteiger partial charge in [-0.05, 0) is 19.3 Å². The summed E-state index contributed by atoms with van der Waals surface area (Å²) in [6.45, 7) is 10.3. The van der Waals surface area contributed by atoms with E-state index in [1.165, 1.54) is 0 Å². The largest absolute Gasteiger partial charge is 0.0879 e. The molecule has 0 unspecified atom stereocenters. The van der Waals surface area contributed by atoms with Gasteiger partial charge in [0.1, 0.15) is 0 Å². The quantitative estimate of drug-likeness (QED) is 0.386. The molecular formula is C9H12. The molecule has 0 aliphatic carbocycles. The molecule has 0 aromatic rings. The van der Waals surface area contributed by atoms with Crippen LogP contribution in [-0.4, -0.2) is 0 Å². The molecule has 0 N–H and O–H groups in total. The van der Waals surface area contributed by atoms with Crippen molar-refractivity contribution < 1.29 is 0 Å². The van der Waals surface area contributed by atoms with E-state index in [2.05, 4.69) is 6.08 Å². The van der Waals surface area contributed by atoms with Gasteiger partial charge in [-0.1, -0.05) is 37.5 Å². The number of rotatable bonds is 5. The Kier molecular flexibility index (Phi) is 6.59. The van der Waals surface area contributed by atoms with Crippen molar-refractivity contribution in [2.75, 3.05) is 0 Å². The first-order chi connectivity index (χ1) is 4.41. The zero-order chi connectivity index (χ0) is 6.95. The van der Waals surface area contributed by atoms with Crippen LogP contribution in [0.3, 0.4) is 0 Å². The van der Waals surface area contributed by atoms with Crippen molar-refractivity contribution in [3.63, 3.8) is 0 Å². The van der Waals surface area contributed by atoms with Crippen LogP contribution in [0.2, 0.25) is 0 Å². The van der Waals surface area contributed by atoms with Crippen LogP contribution in [0, 0.1) is 13.2 Å². The molecule has 0 atom stereocenters. The third-order valence-corrected chi connectivity index (χ3v) is 0.939. The maximum absolute atomic E-state index is 5.15. The van der Waals surface area contributed by atoms with Gasteiger partial charge in [-0.25, -0.2) is 0 Å². The molecule has 0 fully saturated rings. The minimum absolute atomic E-state index is 0.852. The van der Waals surface area contributed by atoms with Gasteiger partial charge in [-0.2, -0.15) is 0 Å². The van der Waals surface area contributed by atoms with Crippen LogP contribution in [0.5, 0.6) is 0 Å². The van der Waals surface area contributed by atoms with Crippen molar-refractivity contribution in [1.82, 2.24) is 0 Å². The second-order valence-electron chi connectivity index (χ2n) is 1.76. The van der Waals surface area contributed by atoms with Gasteiger partial charge in [-0.15, -0.1) is 0 Å². The summed E-state index contributed by atoms with van der Waals surface area (Å²) >= 11 is 0. The first-order valence-electron chi connectivity index (χ1n) is 3.13. The van der Waals surface area contributed by atoms with E-state index >= 15 is 0 Å². The van der Waals surface area contributed by atoms with Gasteiger partial charge in [-0.3, -0.25) is 0 Å². The fourth-order valence-corrected chi connectivity index (χ4v) is 0.485. The van der Waals surface area contributed by atoms with Gasteiger partial charge in [0, 0.05) is 0 Å². The molecule has 0 aromatic carbocycles. The van der Waals surface area contributed by atoms with E-state index in [-0.39, 0.29) is 0 Å². The van der Waals surface area contributed by atoms with Crippen LogP contribution in [0.4, 0.5) is 0 Å². The highest BCUT2D eigenvalue weighted by molar-refractivity contribution is 4.88. The number of hydrogen-bond acceptors (Lipinski definition) is 0.